The molecule has 1 aliphatic rings. The topological polar surface area (TPSA) is 70.7 Å². The lowest BCUT2D eigenvalue weighted by Crippen LogP contribution is -2.38. The molecule has 1 fully saturated rings. The van der Waals surface area contributed by atoms with Gasteiger partial charge in [-0.25, -0.2) is 27.4 Å². The smallest absolute Gasteiger partial charge is 0.274 e. The van der Waals surface area contributed by atoms with Crippen LogP contribution in [0.5, 0.6) is 0 Å². The van der Waals surface area contributed by atoms with E-state index in [1.807, 2.05) is 63.2 Å². The number of benzene rings is 4. The van der Waals surface area contributed by atoms with E-state index in [9.17, 15) is 31.5 Å². The number of thiol groups is 1. The number of nitrogens with zero attached hydrogens (tertiary/aromatic N) is 1. The molecule has 0 unspecified atom stereocenters. The first kappa shape index (κ1) is 40.2. The molecular formula is C38H42F5N3O3S. The van der Waals surface area contributed by atoms with Crippen molar-refractivity contribution in [1.82, 2.24) is 10.8 Å². The van der Waals surface area contributed by atoms with Crippen LogP contribution >= 0.6 is 12.6 Å². The van der Waals surface area contributed by atoms with Gasteiger partial charge >= 0.3 is 0 Å². The van der Waals surface area contributed by atoms with Gasteiger partial charge in [-0.1, -0.05) is 88.2 Å². The van der Waals surface area contributed by atoms with E-state index in [-0.39, 0.29) is 25.0 Å². The molecule has 0 atom stereocenters. The monoisotopic (exact) mass is 715 g/mol. The van der Waals surface area contributed by atoms with Crippen molar-refractivity contribution in [2.24, 2.45) is 0 Å². The number of carbonyl (C=O) groups is 2. The van der Waals surface area contributed by atoms with Crippen molar-refractivity contribution in [2.75, 3.05) is 18.0 Å². The summed E-state index contributed by atoms with van der Waals surface area (Å²) in [4.78, 5) is 31.5. The Kier molecular flexibility index (Phi) is 16.4. The SMILES string of the molecule is CC.CCNCC(=O)N(Cc1ccc(C2CCCC2)cc1)c1ccc(C(=O)NOCc2ccccc2)cc1.Fc1c(F)c(F)c(S)c(F)c1F. The average molecular weight is 716 g/mol. The molecule has 1 aliphatic carbocycles. The molecule has 12 heteroatoms. The molecule has 0 heterocycles. The van der Waals surface area contributed by atoms with Crippen LogP contribution in [-0.2, 0) is 22.8 Å². The van der Waals surface area contributed by atoms with Gasteiger partial charge in [-0.15, -0.1) is 12.6 Å². The Morgan fingerprint density at radius 1 is 0.780 bits per heavy atom. The minimum Gasteiger partial charge on any atom is -0.309 e. The van der Waals surface area contributed by atoms with Gasteiger partial charge in [0.1, 0.15) is 0 Å². The first-order valence-electron chi connectivity index (χ1n) is 16.5. The van der Waals surface area contributed by atoms with Crippen molar-refractivity contribution in [3.05, 3.63) is 130 Å². The lowest BCUT2D eigenvalue weighted by Gasteiger charge is -2.24. The third-order valence-corrected chi connectivity index (χ3v) is 8.24. The molecule has 1 saturated carbocycles. The molecule has 0 spiro atoms. The normalized spacial score (nSPS) is 12.3. The van der Waals surface area contributed by atoms with E-state index in [0.717, 1.165) is 23.4 Å². The zero-order chi connectivity index (χ0) is 36.6. The second-order valence-electron chi connectivity index (χ2n) is 11.2. The first-order chi connectivity index (χ1) is 24.1. The summed E-state index contributed by atoms with van der Waals surface area (Å²) in [6.45, 7) is 7.72. The molecule has 50 heavy (non-hydrogen) atoms. The third-order valence-electron chi connectivity index (χ3n) is 7.85. The molecule has 5 rings (SSSR count). The van der Waals surface area contributed by atoms with Crippen LogP contribution in [0.4, 0.5) is 27.6 Å². The molecule has 0 saturated heterocycles. The van der Waals surface area contributed by atoms with E-state index in [1.54, 1.807) is 17.0 Å². The van der Waals surface area contributed by atoms with Gasteiger partial charge < -0.3 is 10.2 Å². The summed E-state index contributed by atoms with van der Waals surface area (Å²) in [6.07, 6.45) is 5.16. The number of carbonyl (C=O) groups excluding carboxylic acids is 2. The Morgan fingerprint density at radius 3 is 1.90 bits per heavy atom. The third kappa shape index (κ3) is 11.1. The van der Waals surface area contributed by atoms with Crippen LogP contribution in [0, 0.1) is 29.1 Å². The summed E-state index contributed by atoms with van der Waals surface area (Å²) in [5.41, 5.74) is 7.15. The Labute approximate surface area is 295 Å². The number of likely N-dealkylation sites (N-methyl/N-ethyl adjacent to an activating group) is 1. The molecule has 4 aromatic rings. The number of amides is 2. The van der Waals surface area contributed by atoms with E-state index in [0.29, 0.717) is 18.0 Å². The van der Waals surface area contributed by atoms with Crippen molar-refractivity contribution >= 4 is 30.1 Å². The average Bonchev–Trinajstić information content (AvgIpc) is 3.71. The minimum atomic E-state index is -2.18. The van der Waals surface area contributed by atoms with Crippen LogP contribution in [-0.4, -0.2) is 24.9 Å². The van der Waals surface area contributed by atoms with Crippen LogP contribution in [0.2, 0.25) is 0 Å². The summed E-state index contributed by atoms with van der Waals surface area (Å²) < 4.78 is 61.3. The summed E-state index contributed by atoms with van der Waals surface area (Å²) in [7, 11) is 0. The molecule has 6 nitrogen and oxygen atoms in total. The summed E-state index contributed by atoms with van der Waals surface area (Å²) in [5, 5.41) is 3.12. The molecule has 2 N–H and O–H groups in total. The Morgan fingerprint density at radius 2 is 1.34 bits per heavy atom. The zero-order valence-electron chi connectivity index (χ0n) is 28.2. The molecule has 0 bridgehead atoms. The molecular weight excluding hydrogens is 673 g/mol. The van der Waals surface area contributed by atoms with Crippen molar-refractivity contribution in [3.63, 3.8) is 0 Å². The number of halogens is 5. The lowest BCUT2D eigenvalue weighted by molar-refractivity contribution is -0.117. The van der Waals surface area contributed by atoms with Gasteiger partial charge in [0.15, 0.2) is 23.3 Å². The number of hydrogen-bond acceptors (Lipinski definition) is 5. The van der Waals surface area contributed by atoms with Gasteiger partial charge in [-0.05, 0) is 66.3 Å². The number of anilines is 1. The highest BCUT2D eigenvalue weighted by Gasteiger charge is 2.23. The van der Waals surface area contributed by atoms with Crippen LogP contribution in [0.1, 0.15) is 79.4 Å². The lowest BCUT2D eigenvalue weighted by atomic mass is 9.96. The number of hydrogen-bond donors (Lipinski definition) is 3. The highest BCUT2D eigenvalue weighted by atomic mass is 32.1. The Hall–Kier alpha value is -4.26. The maximum absolute atomic E-state index is 13.0. The van der Waals surface area contributed by atoms with E-state index >= 15 is 0 Å². The Balaban J connectivity index is 0.000000406. The fraction of sp³-hybridized carbons (Fsp3) is 0.316. The second-order valence-corrected chi connectivity index (χ2v) is 11.6. The molecule has 0 aromatic heterocycles. The Bertz CT molecular complexity index is 1570. The quantitative estimate of drug-likeness (QED) is 0.0477. The van der Waals surface area contributed by atoms with Crippen LogP contribution in [0.15, 0.2) is 83.8 Å². The van der Waals surface area contributed by atoms with E-state index in [4.69, 9.17) is 4.84 Å². The standard InChI is InChI=1S/C30H35N3O3.C6HF5S.C2H6/c1-2-31-20-29(34)33(21-23-12-14-26(15-13-23)25-10-6-7-11-25)28-18-16-27(17-19-28)30(35)32-36-22-24-8-4-3-5-9-24;7-1-2(8)4(10)6(12)5(11)3(1)9;1-2/h3-5,8-9,12-19,25,31H,2,6-7,10-11,20-22H2,1H3,(H,32,35);12H;1-2H3. The zero-order valence-corrected chi connectivity index (χ0v) is 29.1. The van der Waals surface area contributed by atoms with E-state index in [2.05, 4.69) is 47.7 Å². The van der Waals surface area contributed by atoms with Crippen molar-refractivity contribution < 1.29 is 36.4 Å². The summed E-state index contributed by atoms with van der Waals surface area (Å²) >= 11 is 3.10. The molecule has 268 valence electrons. The first-order valence-corrected chi connectivity index (χ1v) is 16.9. The molecule has 4 aromatic carbocycles. The fourth-order valence-electron chi connectivity index (χ4n) is 5.19. The van der Waals surface area contributed by atoms with Gasteiger partial charge in [0.2, 0.25) is 11.7 Å². The highest BCUT2D eigenvalue weighted by Crippen LogP contribution is 2.34. The molecule has 0 aliphatic heterocycles. The number of rotatable bonds is 11. The van der Waals surface area contributed by atoms with E-state index in [1.165, 1.54) is 31.2 Å². The number of nitrogens with one attached hydrogen (secondary N) is 2. The van der Waals surface area contributed by atoms with Crippen LogP contribution in [0.3, 0.4) is 0 Å². The minimum absolute atomic E-state index is 0.0138. The van der Waals surface area contributed by atoms with Gasteiger partial charge in [-0.3, -0.25) is 14.4 Å². The maximum Gasteiger partial charge on any atom is 0.274 e. The molecule has 0 radical (unpaired) electrons. The van der Waals surface area contributed by atoms with Gasteiger partial charge in [-0.2, -0.15) is 0 Å². The second kappa shape index (κ2) is 20.4. The van der Waals surface area contributed by atoms with Crippen LogP contribution < -0.4 is 15.7 Å². The summed E-state index contributed by atoms with van der Waals surface area (Å²) in [5.74, 6) is -9.67. The van der Waals surface area contributed by atoms with Crippen LogP contribution in [0.25, 0.3) is 0 Å². The predicted octanol–water partition coefficient (Wildman–Crippen LogP) is 9.05. The van der Waals surface area contributed by atoms with Crippen molar-refractivity contribution in [3.8, 4) is 0 Å². The molecule has 2 amide bonds. The van der Waals surface area contributed by atoms with E-state index < -0.39 is 34.0 Å². The maximum atomic E-state index is 13.0. The fourth-order valence-corrected chi connectivity index (χ4v) is 5.39. The van der Waals surface area contributed by atoms with Gasteiger partial charge in [0.05, 0.1) is 24.6 Å². The van der Waals surface area contributed by atoms with Gasteiger partial charge in [0.25, 0.3) is 5.91 Å². The van der Waals surface area contributed by atoms with Crippen molar-refractivity contribution in [2.45, 2.75) is 70.4 Å². The predicted molar refractivity (Wildman–Crippen MR) is 187 cm³/mol. The largest absolute Gasteiger partial charge is 0.309 e. The highest BCUT2D eigenvalue weighted by molar-refractivity contribution is 7.80. The number of hydroxylamine groups is 1. The summed E-state index contributed by atoms with van der Waals surface area (Å²) in [6, 6.07) is 25.4. The van der Waals surface area contributed by atoms with Crippen molar-refractivity contribution in [1.29, 1.82) is 0 Å². The van der Waals surface area contributed by atoms with Gasteiger partial charge in [0, 0.05) is 11.3 Å².